The van der Waals surface area contributed by atoms with E-state index in [-0.39, 0.29) is 17.7 Å². The summed E-state index contributed by atoms with van der Waals surface area (Å²) in [5, 5.41) is 3.14. The molecule has 0 aliphatic heterocycles. The number of amides is 1. The van der Waals surface area contributed by atoms with Crippen LogP contribution in [0.4, 0.5) is 11.4 Å². The number of para-hydroxylation sites is 2. The molecule has 0 saturated heterocycles. The van der Waals surface area contributed by atoms with Crippen LogP contribution in [0.2, 0.25) is 0 Å². The standard InChI is InChI=1S/C19H18N2O2/c1-14(22)21(16-10-6-3-7-11-16)17-12-18(19(23)13-17)20-15-8-4-2-5-9-15/h2-12,17,20H,13H2,1H3. The first-order valence-electron chi connectivity index (χ1n) is 7.57. The van der Waals surface area contributed by atoms with E-state index in [0.29, 0.717) is 12.1 Å². The van der Waals surface area contributed by atoms with Gasteiger partial charge in [0.05, 0.1) is 11.7 Å². The van der Waals surface area contributed by atoms with Gasteiger partial charge in [0.15, 0.2) is 5.78 Å². The van der Waals surface area contributed by atoms with Gasteiger partial charge in [-0.3, -0.25) is 9.59 Å². The van der Waals surface area contributed by atoms with E-state index in [1.165, 1.54) is 6.92 Å². The molecule has 0 spiro atoms. The number of hydrogen-bond donors (Lipinski definition) is 1. The average molecular weight is 306 g/mol. The first kappa shape index (κ1) is 15.0. The van der Waals surface area contributed by atoms with E-state index >= 15 is 0 Å². The summed E-state index contributed by atoms with van der Waals surface area (Å²) in [6.07, 6.45) is 2.13. The molecule has 1 N–H and O–H groups in total. The highest BCUT2D eigenvalue weighted by molar-refractivity contribution is 6.03. The highest BCUT2D eigenvalue weighted by Crippen LogP contribution is 2.26. The van der Waals surface area contributed by atoms with Crippen LogP contribution in [0.3, 0.4) is 0 Å². The van der Waals surface area contributed by atoms with Gasteiger partial charge in [-0.1, -0.05) is 36.4 Å². The van der Waals surface area contributed by atoms with Crippen molar-refractivity contribution >= 4 is 23.1 Å². The number of Topliss-reactive ketones (excluding diaryl/α,β-unsaturated/α-hetero) is 1. The van der Waals surface area contributed by atoms with Crippen molar-refractivity contribution in [3.05, 3.63) is 72.4 Å². The molecule has 1 amide bonds. The molecular formula is C19H18N2O2. The van der Waals surface area contributed by atoms with Gasteiger partial charge in [-0.25, -0.2) is 0 Å². The van der Waals surface area contributed by atoms with Gasteiger partial charge < -0.3 is 10.2 Å². The molecule has 0 aromatic heterocycles. The number of ketones is 1. The number of carbonyl (C=O) groups excluding carboxylic acids is 2. The third-order valence-electron chi connectivity index (χ3n) is 3.81. The number of benzene rings is 2. The van der Waals surface area contributed by atoms with Crippen molar-refractivity contribution in [2.45, 2.75) is 19.4 Å². The summed E-state index contributed by atoms with van der Waals surface area (Å²) in [7, 11) is 0. The smallest absolute Gasteiger partial charge is 0.224 e. The Morgan fingerprint density at radius 3 is 2.26 bits per heavy atom. The van der Waals surface area contributed by atoms with Gasteiger partial charge in [-0.05, 0) is 30.3 Å². The Balaban J connectivity index is 1.85. The summed E-state index contributed by atoms with van der Waals surface area (Å²) in [5.41, 5.74) is 2.21. The Morgan fingerprint density at radius 1 is 1.04 bits per heavy atom. The maximum atomic E-state index is 12.3. The zero-order valence-electron chi connectivity index (χ0n) is 12.9. The molecule has 1 aliphatic rings. The lowest BCUT2D eigenvalue weighted by molar-refractivity contribution is -0.117. The van der Waals surface area contributed by atoms with Crippen molar-refractivity contribution < 1.29 is 9.59 Å². The lowest BCUT2D eigenvalue weighted by atomic mass is 10.2. The Hall–Kier alpha value is -2.88. The topological polar surface area (TPSA) is 49.4 Å². The molecule has 23 heavy (non-hydrogen) atoms. The molecule has 0 radical (unpaired) electrons. The van der Waals surface area contributed by atoms with E-state index in [2.05, 4.69) is 5.32 Å². The first-order chi connectivity index (χ1) is 11.1. The monoisotopic (exact) mass is 306 g/mol. The molecule has 1 unspecified atom stereocenters. The van der Waals surface area contributed by atoms with Crippen LogP contribution in [0.25, 0.3) is 0 Å². The van der Waals surface area contributed by atoms with E-state index < -0.39 is 0 Å². The molecule has 1 atom stereocenters. The molecule has 4 heteroatoms. The van der Waals surface area contributed by atoms with Crippen LogP contribution in [0.15, 0.2) is 72.4 Å². The third kappa shape index (κ3) is 3.31. The van der Waals surface area contributed by atoms with Crippen molar-refractivity contribution in [2.75, 3.05) is 10.2 Å². The molecule has 116 valence electrons. The second-order valence-electron chi connectivity index (χ2n) is 5.49. The number of nitrogens with zero attached hydrogens (tertiary/aromatic N) is 1. The van der Waals surface area contributed by atoms with E-state index in [1.807, 2.05) is 66.7 Å². The summed E-state index contributed by atoms with van der Waals surface area (Å²) in [6.45, 7) is 1.52. The molecule has 1 aliphatic carbocycles. The number of carbonyl (C=O) groups is 2. The minimum Gasteiger partial charge on any atom is -0.353 e. The summed E-state index contributed by atoms with van der Waals surface area (Å²) in [5.74, 6) is -0.0627. The highest BCUT2D eigenvalue weighted by atomic mass is 16.2. The zero-order chi connectivity index (χ0) is 16.2. The molecule has 0 heterocycles. The van der Waals surface area contributed by atoms with Crippen molar-refractivity contribution in [1.29, 1.82) is 0 Å². The fourth-order valence-corrected chi connectivity index (χ4v) is 2.79. The molecule has 0 fully saturated rings. The van der Waals surface area contributed by atoms with Crippen molar-refractivity contribution in [3.8, 4) is 0 Å². The van der Waals surface area contributed by atoms with Crippen LogP contribution in [0.1, 0.15) is 13.3 Å². The number of rotatable bonds is 4. The SMILES string of the molecule is CC(=O)N(c1ccccc1)C1C=C(Nc2ccccc2)C(=O)C1. The van der Waals surface area contributed by atoms with Crippen LogP contribution in [0, 0.1) is 0 Å². The van der Waals surface area contributed by atoms with Crippen molar-refractivity contribution in [3.63, 3.8) is 0 Å². The largest absolute Gasteiger partial charge is 0.353 e. The second kappa shape index (κ2) is 6.48. The predicted octanol–water partition coefficient (Wildman–Crippen LogP) is 3.38. The quantitative estimate of drug-likeness (QED) is 0.942. The first-order valence-corrected chi connectivity index (χ1v) is 7.57. The van der Waals surface area contributed by atoms with Crippen LogP contribution in [-0.4, -0.2) is 17.7 Å². The highest BCUT2D eigenvalue weighted by Gasteiger charge is 2.31. The van der Waals surface area contributed by atoms with Crippen LogP contribution >= 0.6 is 0 Å². The van der Waals surface area contributed by atoms with Gasteiger partial charge in [0.1, 0.15) is 0 Å². The van der Waals surface area contributed by atoms with Crippen LogP contribution in [0.5, 0.6) is 0 Å². The molecule has 2 aromatic carbocycles. The van der Waals surface area contributed by atoms with Gasteiger partial charge in [0.25, 0.3) is 0 Å². The van der Waals surface area contributed by atoms with Crippen LogP contribution < -0.4 is 10.2 Å². The fourth-order valence-electron chi connectivity index (χ4n) is 2.79. The van der Waals surface area contributed by atoms with Gasteiger partial charge in [-0.2, -0.15) is 0 Å². The van der Waals surface area contributed by atoms with E-state index in [4.69, 9.17) is 0 Å². The van der Waals surface area contributed by atoms with Crippen molar-refractivity contribution in [1.82, 2.24) is 0 Å². The minimum absolute atomic E-state index is 0.0148. The second-order valence-corrected chi connectivity index (χ2v) is 5.49. The summed E-state index contributed by atoms with van der Waals surface area (Å²) >= 11 is 0. The Kier molecular flexibility index (Phi) is 4.24. The Morgan fingerprint density at radius 2 is 1.65 bits per heavy atom. The molecule has 3 rings (SSSR count). The van der Waals surface area contributed by atoms with Gasteiger partial charge >= 0.3 is 0 Å². The summed E-state index contributed by atoms with van der Waals surface area (Å²) in [4.78, 5) is 26.0. The van der Waals surface area contributed by atoms with Crippen molar-refractivity contribution in [2.24, 2.45) is 0 Å². The minimum atomic E-state index is -0.256. The molecular weight excluding hydrogens is 288 g/mol. The summed E-state index contributed by atoms with van der Waals surface area (Å²) in [6, 6.07) is 18.7. The van der Waals surface area contributed by atoms with Gasteiger partial charge in [-0.15, -0.1) is 0 Å². The molecule has 0 bridgehead atoms. The predicted molar refractivity (Wildman–Crippen MR) is 91.2 cm³/mol. The van der Waals surface area contributed by atoms with E-state index in [0.717, 1.165) is 11.4 Å². The van der Waals surface area contributed by atoms with Gasteiger partial charge in [0, 0.05) is 24.7 Å². The lowest BCUT2D eigenvalue weighted by Gasteiger charge is -2.26. The lowest BCUT2D eigenvalue weighted by Crippen LogP contribution is -2.37. The molecule has 0 saturated carbocycles. The maximum absolute atomic E-state index is 12.3. The Labute approximate surface area is 135 Å². The fraction of sp³-hybridized carbons (Fsp3) is 0.158. The summed E-state index contributed by atoms with van der Waals surface area (Å²) < 4.78 is 0. The molecule has 2 aromatic rings. The number of nitrogens with one attached hydrogen (secondary N) is 1. The molecule has 4 nitrogen and oxygen atoms in total. The average Bonchev–Trinajstić information content (AvgIpc) is 2.89. The third-order valence-corrected chi connectivity index (χ3v) is 3.81. The Bertz CT molecular complexity index is 738. The zero-order valence-corrected chi connectivity index (χ0v) is 12.9. The van der Waals surface area contributed by atoms with E-state index in [9.17, 15) is 9.59 Å². The van der Waals surface area contributed by atoms with E-state index in [1.54, 1.807) is 4.90 Å². The number of anilines is 2. The van der Waals surface area contributed by atoms with Gasteiger partial charge in [0.2, 0.25) is 5.91 Å². The number of allylic oxidation sites excluding steroid dienone is 1. The maximum Gasteiger partial charge on any atom is 0.224 e. The number of hydrogen-bond acceptors (Lipinski definition) is 3. The normalized spacial score (nSPS) is 16.8. The van der Waals surface area contributed by atoms with Crippen LogP contribution in [-0.2, 0) is 9.59 Å².